The van der Waals surface area contributed by atoms with E-state index in [4.69, 9.17) is 9.47 Å². The van der Waals surface area contributed by atoms with Crippen molar-refractivity contribution in [1.29, 1.82) is 0 Å². The van der Waals surface area contributed by atoms with Crippen LogP contribution in [0, 0.1) is 17.8 Å². The van der Waals surface area contributed by atoms with Crippen LogP contribution in [0.3, 0.4) is 0 Å². The lowest BCUT2D eigenvalue weighted by molar-refractivity contribution is -0.155. The van der Waals surface area contributed by atoms with Gasteiger partial charge < -0.3 is 9.47 Å². The first-order valence-electron chi connectivity index (χ1n) is 14.4. The molecule has 0 N–H and O–H groups in total. The van der Waals surface area contributed by atoms with Crippen LogP contribution in [0.25, 0.3) is 0 Å². The lowest BCUT2D eigenvalue weighted by atomic mass is 9.82. The molecule has 0 aromatic rings. The summed E-state index contributed by atoms with van der Waals surface area (Å²) in [4.78, 5) is 24.6. The van der Waals surface area contributed by atoms with Crippen molar-refractivity contribution in [2.45, 2.75) is 143 Å². The van der Waals surface area contributed by atoms with E-state index in [0.717, 1.165) is 57.3 Å². The molecule has 0 spiro atoms. The minimum absolute atomic E-state index is 0.0282. The maximum absolute atomic E-state index is 12.3. The van der Waals surface area contributed by atoms with Gasteiger partial charge in [-0.05, 0) is 44.4 Å². The molecule has 0 heterocycles. The van der Waals surface area contributed by atoms with E-state index in [1.807, 2.05) is 0 Å². The van der Waals surface area contributed by atoms with E-state index in [1.165, 1.54) is 70.6 Å². The molecule has 1 aliphatic rings. The Bertz CT molecular complexity index is 480. The van der Waals surface area contributed by atoms with Gasteiger partial charge in [0.05, 0.1) is 25.0 Å². The summed E-state index contributed by atoms with van der Waals surface area (Å²) >= 11 is 0. The van der Waals surface area contributed by atoms with Crippen molar-refractivity contribution in [3.63, 3.8) is 0 Å². The minimum Gasteiger partial charge on any atom is -0.465 e. The first kappa shape index (κ1) is 30.0. The first-order chi connectivity index (χ1) is 16.0. The smallest absolute Gasteiger partial charge is 0.308 e. The molecule has 0 saturated heterocycles. The van der Waals surface area contributed by atoms with Gasteiger partial charge in [0.2, 0.25) is 0 Å². The zero-order valence-electron chi connectivity index (χ0n) is 22.2. The highest BCUT2D eigenvalue weighted by atomic mass is 16.5. The Balaban J connectivity index is 1.96. The van der Waals surface area contributed by atoms with Crippen LogP contribution in [-0.4, -0.2) is 25.2 Å². The number of carbonyl (C=O) groups is 2. The molecule has 0 unspecified atom stereocenters. The highest BCUT2D eigenvalue weighted by molar-refractivity contribution is 5.75. The maximum Gasteiger partial charge on any atom is 0.308 e. The van der Waals surface area contributed by atoms with E-state index in [-0.39, 0.29) is 23.8 Å². The van der Waals surface area contributed by atoms with Crippen molar-refractivity contribution in [2.75, 3.05) is 13.2 Å². The predicted octanol–water partition coefficient (Wildman–Crippen LogP) is 8.41. The second-order valence-corrected chi connectivity index (χ2v) is 10.7. The van der Waals surface area contributed by atoms with Gasteiger partial charge in [-0.1, -0.05) is 104 Å². The molecule has 0 aliphatic heterocycles. The number of carbonyl (C=O) groups excluding carboxylic acids is 2. The number of ether oxygens (including phenoxy) is 2. The summed E-state index contributed by atoms with van der Waals surface area (Å²) in [6.07, 6.45) is 21.7. The van der Waals surface area contributed by atoms with Crippen LogP contribution in [-0.2, 0) is 19.1 Å². The molecule has 0 atom stereocenters. The van der Waals surface area contributed by atoms with Gasteiger partial charge in [0.1, 0.15) is 0 Å². The Morgan fingerprint density at radius 2 is 0.970 bits per heavy atom. The molecule has 1 fully saturated rings. The summed E-state index contributed by atoms with van der Waals surface area (Å²) in [5.74, 6) is 0.659. The van der Waals surface area contributed by atoms with E-state index < -0.39 is 0 Å². The molecule has 1 rings (SSSR count). The largest absolute Gasteiger partial charge is 0.465 e. The Morgan fingerprint density at radius 3 is 1.36 bits per heavy atom. The number of rotatable bonds is 20. The third kappa shape index (κ3) is 16.2. The third-order valence-corrected chi connectivity index (χ3v) is 7.06. The van der Waals surface area contributed by atoms with Crippen LogP contribution in [0.5, 0.6) is 0 Å². The molecule has 0 bridgehead atoms. The standard InChI is InChI=1S/C29H54O4/c1-4-5-6-7-13-16-23-32-28(30)26-19-21-27(22-20-26)29(31)33-24-17-14-11-9-8-10-12-15-18-25(2)3/h25-27H,4-24H2,1-3H3. The fourth-order valence-electron chi connectivity index (χ4n) is 4.74. The summed E-state index contributed by atoms with van der Waals surface area (Å²) < 4.78 is 11.0. The Kier molecular flexibility index (Phi) is 18.5. The fraction of sp³-hybridized carbons (Fsp3) is 0.931. The van der Waals surface area contributed by atoms with Gasteiger partial charge in [-0.2, -0.15) is 0 Å². The summed E-state index contributed by atoms with van der Waals surface area (Å²) in [5, 5.41) is 0. The van der Waals surface area contributed by atoms with Gasteiger partial charge >= 0.3 is 11.9 Å². The van der Waals surface area contributed by atoms with E-state index >= 15 is 0 Å². The molecule has 1 aliphatic carbocycles. The lowest BCUT2D eigenvalue weighted by Gasteiger charge is -2.26. The van der Waals surface area contributed by atoms with Crippen molar-refractivity contribution < 1.29 is 19.1 Å². The van der Waals surface area contributed by atoms with Crippen molar-refractivity contribution in [3.8, 4) is 0 Å². The van der Waals surface area contributed by atoms with Gasteiger partial charge in [-0.3, -0.25) is 9.59 Å². The number of esters is 2. The fourth-order valence-corrected chi connectivity index (χ4v) is 4.74. The molecular weight excluding hydrogens is 412 g/mol. The minimum atomic E-state index is -0.0599. The Labute approximate surface area is 205 Å². The highest BCUT2D eigenvalue weighted by Gasteiger charge is 2.31. The second kappa shape index (κ2) is 20.3. The molecule has 0 aromatic carbocycles. The zero-order valence-corrected chi connectivity index (χ0v) is 22.2. The molecular formula is C29H54O4. The molecule has 4 heteroatoms. The second-order valence-electron chi connectivity index (χ2n) is 10.7. The van der Waals surface area contributed by atoms with Crippen LogP contribution in [0.15, 0.2) is 0 Å². The molecule has 1 saturated carbocycles. The van der Waals surface area contributed by atoms with Crippen molar-refractivity contribution in [3.05, 3.63) is 0 Å². The normalized spacial score (nSPS) is 18.4. The Morgan fingerprint density at radius 1 is 0.606 bits per heavy atom. The van der Waals surface area contributed by atoms with Crippen LogP contribution in [0.1, 0.15) is 143 Å². The van der Waals surface area contributed by atoms with Gasteiger partial charge in [0.15, 0.2) is 0 Å². The van der Waals surface area contributed by atoms with Crippen molar-refractivity contribution in [1.82, 2.24) is 0 Å². The lowest BCUT2D eigenvalue weighted by Crippen LogP contribution is -2.28. The van der Waals surface area contributed by atoms with E-state index in [1.54, 1.807) is 0 Å². The van der Waals surface area contributed by atoms with Gasteiger partial charge in [0.25, 0.3) is 0 Å². The molecule has 0 amide bonds. The van der Waals surface area contributed by atoms with Crippen LogP contribution < -0.4 is 0 Å². The average molecular weight is 467 g/mol. The van der Waals surface area contributed by atoms with Crippen LogP contribution in [0.2, 0.25) is 0 Å². The van der Waals surface area contributed by atoms with Crippen molar-refractivity contribution >= 4 is 11.9 Å². The zero-order chi connectivity index (χ0) is 24.2. The van der Waals surface area contributed by atoms with E-state index in [0.29, 0.717) is 13.2 Å². The molecule has 0 aromatic heterocycles. The quantitative estimate of drug-likeness (QED) is 0.133. The van der Waals surface area contributed by atoms with E-state index in [9.17, 15) is 9.59 Å². The number of unbranched alkanes of at least 4 members (excludes halogenated alkanes) is 12. The topological polar surface area (TPSA) is 52.6 Å². The predicted molar refractivity (Wildman–Crippen MR) is 137 cm³/mol. The third-order valence-electron chi connectivity index (χ3n) is 7.06. The maximum atomic E-state index is 12.3. The Hall–Kier alpha value is -1.06. The van der Waals surface area contributed by atoms with Crippen LogP contribution >= 0.6 is 0 Å². The van der Waals surface area contributed by atoms with Crippen LogP contribution in [0.4, 0.5) is 0 Å². The SMILES string of the molecule is CCCCCCCCOC(=O)C1CCC(C(=O)OCCCCCCCCCCC(C)C)CC1. The average Bonchev–Trinajstić information content (AvgIpc) is 2.81. The monoisotopic (exact) mass is 466 g/mol. The molecule has 194 valence electrons. The highest BCUT2D eigenvalue weighted by Crippen LogP contribution is 2.30. The molecule has 4 nitrogen and oxygen atoms in total. The van der Waals surface area contributed by atoms with Gasteiger partial charge in [-0.15, -0.1) is 0 Å². The summed E-state index contributed by atoms with van der Waals surface area (Å²) in [6, 6.07) is 0. The van der Waals surface area contributed by atoms with E-state index in [2.05, 4.69) is 20.8 Å². The number of hydrogen-bond donors (Lipinski definition) is 0. The molecule has 0 radical (unpaired) electrons. The van der Waals surface area contributed by atoms with Gasteiger partial charge in [-0.25, -0.2) is 0 Å². The summed E-state index contributed by atoms with van der Waals surface area (Å²) in [6.45, 7) is 7.91. The number of hydrogen-bond acceptors (Lipinski definition) is 4. The van der Waals surface area contributed by atoms with Crippen molar-refractivity contribution in [2.24, 2.45) is 17.8 Å². The summed E-state index contributed by atoms with van der Waals surface area (Å²) in [5.41, 5.74) is 0. The first-order valence-corrected chi connectivity index (χ1v) is 14.4. The summed E-state index contributed by atoms with van der Waals surface area (Å²) in [7, 11) is 0. The molecule has 33 heavy (non-hydrogen) atoms. The van der Waals surface area contributed by atoms with Gasteiger partial charge in [0, 0.05) is 0 Å².